The second kappa shape index (κ2) is 3.44. The average molecular weight is 181 g/mol. The van der Waals surface area contributed by atoms with Gasteiger partial charge in [0.05, 0.1) is 6.10 Å². The van der Waals surface area contributed by atoms with Crippen LogP contribution in [0.25, 0.3) is 0 Å². The minimum Gasteiger partial charge on any atom is -0.391 e. The molecule has 1 heterocycles. The number of benzene rings is 1. The van der Waals surface area contributed by atoms with Crippen molar-refractivity contribution in [1.29, 1.82) is 0 Å². The summed E-state index contributed by atoms with van der Waals surface area (Å²) in [5, 5.41) is 12.6. The molecule has 0 aromatic heterocycles. The van der Waals surface area contributed by atoms with E-state index in [2.05, 4.69) is 5.32 Å². The fourth-order valence-corrected chi connectivity index (χ4v) is 1.71. The fraction of sp³-hybridized carbons (Fsp3) is 0.400. The van der Waals surface area contributed by atoms with Crippen LogP contribution in [-0.4, -0.2) is 24.3 Å². The van der Waals surface area contributed by atoms with Crippen molar-refractivity contribution in [2.45, 2.75) is 12.0 Å². The summed E-state index contributed by atoms with van der Waals surface area (Å²) in [7, 11) is 0. The first-order valence-electron chi connectivity index (χ1n) is 4.41. The van der Waals surface area contributed by atoms with Crippen LogP contribution in [0.3, 0.4) is 0 Å². The third-order valence-corrected chi connectivity index (χ3v) is 2.48. The molecular weight excluding hydrogens is 169 g/mol. The van der Waals surface area contributed by atoms with Crippen molar-refractivity contribution in [3.63, 3.8) is 0 Å². The zero-order valence-electron chi connectivity index (χ0n) is 7.20. The molecule has 0 bridgehead atoms. The number of rotatable bonds is 1. The molecular formula is C10H12FNO. The molecule has 1 aromatic rings. The third-order valence-electron chi connectivity index (χ3n) is 2.48. The van der Waals surface area contributed by atoms with Crippen molar-refractivity contribution in [2.75, 3.05) is 13.1 Å². The molecule has 1 aliphatic rings. The van der Waals surface area contributed by atoms with Crippen LogP contribution in [0.15, 0.2) is 24.3 Å². The second-order valence-electron chi connectivity index (χ2n) is 3.38. The van der Waals surface area contributed by atoms with Gasteiger partial charge in [0, 0.05) is 19.0 Å². The Morgan fingerprint density at radius 2 is 1.92 bits per heavy atom. The van der Waals surface area contributed by atoms with E-state index in [0.717, 1.165) is 12.1 Å². The van der Waals surface area contributed by atoms with E-state index in [1.54, 1.807) is 12.1 Å². The molecule has 1 saturated heterocycles. The number of aliphatic hydroxyl groups excluding tert-OH is 1. The Labute approximate surface area is 76.4 Å². The maximum absolute atomic E-state index is 12.6. The molecule has 0 radical (unpaired) electrons. The maximum atomic E-state index is 12.6. The molecule has 2 nitrogen and oxygen atoms in total. The Morgan fingerprint density at radius 1 is 1.23 bits per heavy atom. The molecule has 2 N–H and O–H groups in total. The summed E-state index contributed by atoms with van der Waals surface area (Å²) in [6.07, 6.45) is -0.342. The van der Waals surface area contributed by atoms with E-state index in [-0.39, 0.29) is 17.8 Å². The van der Waals surface area contributed by atoms with E-state index in [1.165, 1.54) is 12.1 Å². The Hall–Kier alpha value is -0.930. The van der Waals surface area contributed by atoms with Crippen LogP contribution < -0.4 is 5.32 Å². The highest BCUT2D eigenvalue weighted by molar-refractivity contribution is 5.23. The van der Waals surface area contributed by atoms with Crippen LogP contribution >= 0.6 is 0 Å². The smallest absolute Gasteiger partial charge is 0.123 e. The van der Waals surface area contributed by atoms with Crippen molar-refractivity contribution < 1.29 is 9.50 Å². The number of β-amino-alcohol motifs (C(OH)–C–C–N with tert-alkyl or cyclic N) is 1. The van der Waals surface area contributed by atoms with Gasteiger partial charge in [0.2, 0.25) is 0 Å². The first-order valence-corrected chi connectivity index (χ1v) is 4.41. The summed E-state index contributed by atoms with van der Waals surface area (Å²) in [5.41, 5.74) is 0.999. The SMILES string of the molecule is O[C@@H]1CNC[C@H]1c1ccc(F)cc1. The highest BCUT2D eigenvalue weighted by atomic mass is 19.1. The van der Waals surface area contributed by atoms with Crippen molar-refractivity contribution in [1.82, 2.24) is 5.32 Å². The molecule has 0 spiro atoms. The van der Waals surface area contributed by atoms with Gasteiger partial charge in [0.1, 0.15) is 5.82 Å². The predicted molar refractivity (Wildman–Crippen MR) is 48.0 cm³/mol. The van der Waals surface area contributed by atoms with Gasteiger partial charge in [-0.1, -0.05) is 12.1 Å². The van der Waals surface area contributed by atoms with Crippen LogP contribution in [0.4, 0.5) is 4.39 Å². The molecule has 1 fully saturated rings. The Morgan fingerprint density at radius 3 is 2.46 bits per heavy atom. The lowest BCUT2D eigenvalue weighted by atomic mass is 9.96. The van der Waals surface area contributed by atoms with Gasteiger partial charge < -0.3 is 10.4 Å². The number of halogens is 1. The summed E-state index contributed by atoms with van der Waals surface area (Å²) in [4.78, 5) is 0. The Balaban J connectivity index is 2.20. The van der Waals surface area contributed by atoms with Crippen LogP contribution in [0.1, 0.15) is 11.5 Å². The summed E-state index contributed by atoms with van der Waals surface area (Å²) in [6, 6.07) is 6.33. The van der Waals surface area contributed by atoms with E-state index in [9.17, 15) is 9.50 Å². The van der Waals surface area contributed by atoms with Gasteiger partial charge in [-0.2, -0.15) is 0 Å². The second-order valence-corrected chi connectivity index (χ2v) is 3.38. The summed E-state index contributed by atoms with van der Waals surface area (Å²) >= 11 is 0. The Bertz CT molecular complexity index is 285. The monoisotopic (exact) mass is 181 g/mol. The summed E-state index contributed by atoms with van der Waals surface area (Å²) in [5.74, 6) is -0.121. The largest absolute Gasteiger partial charge is 0.391 e. The van der Waals surface area contributed by atoms with E-state index >= 15 is 0 Å². The van der Waals surface area contributed by atoms with Crippen molar-refractivity contribution in [2.24, 2.45) is 0 Å². The first-order chi connectivity index (χ1) is 6.27. The van der Waals surface area contributed by atoms with Crippen molar-refractivity contribution >= 4 is 0 Å². The molecule has 2 rings (SSSR count). The molecule has 2 atom stereocenters. The van der Waals surface area contributed by atoms with Crippen molar-refractivity contribution in [3.05, 3.63) is 35.6 Å². The average Bonchev–Trinajstić information content (AvgIpc) is 2.53. The molecule has 13 heavy (non-hydrogen) atoms. The predicted octanol–water partition coefficient (Wildman–Crippen LogP) is 0.873. The first kappa shape index (κ1) is 8.66. The van der Waals surface area contributed by atoms with Gasteiger partial charge in [-0.15, -0.1) is 0 Å². The van der Waals surface area contributed by atoms with Crippen LogP contribution in [0, 0.1) is 5.82 Å². The number of aliphatic hydroxyl groups is 1. The van der Waals surface area contributed by atoms with Gasteiger partial charge in [-0.05, 0) is 17.7 Å². The molecule has 0 saturated carbocycles. The molecule has 0 unspecified atom stereocenters. The van der Waals surface area contributed by atoms with E-state index < -0.39 is 0 Å². The molecule has 70 valence electrons. The van der Waals surface area contributed by atoms with Gasteiger partial charge in [0.15, 0.2) is 0 Å². The number of hydrogen-bond acceptors (Lipinski definition) is 2. The molecule has 1 aliphatic heterocycles. The van der Waals surface area contributed by atoms with Crippen LogP contribution in [0.5, 0.6) is 0 Å². The number of hydrogen-bond donors (Lipinski definition) is 2. The molecule has 0 amide bonds. The standard InChI is InChI=1S/C10H12FNO/c11-8-3-1-7(2-4-8)9-5-12-6-10(9)13/h1-4,9-10,12-13H,5-6H2/t9-,10+/m0/s1. The highest BCUT2D eigenvalue weighted by Gasteiger charge is 2.25. The minimum atomic E-state index is -0.342. The lowest BCUT2D eigenvalue weighted by Crippen LogP contribution is -2.15. The van der Waals surface area contributed by atoms with E-state index in [1.807, 2.05) is 0 Å². The highest BCUT2D eigenvalue weighted by Crippen LogP contribution is 2.22. The summed E-state index contributed by atoms with van der Waals surface area (Å²) in [6.45, 7) is 1.40. The van der Waals surface area contributed by atoms with Gasteiger partial charge >= 0.3 is 0 Å². The van der Waals surface area contributed by atoms with Crippen molar-refractivity contribution in [3.8, 4) is 0 Å². The molecule has 0 aliphatic carbocycles. The topological polar surface area (TPSA) is 32.3 Å². The molecule has 1 aromatic carbocycles. The van der Waals surface area contributed by atoms with Gasteiger partial charge in [0.25, 0.3) is 0 Å². The quantitative estimate of drug-likeness (QED) is 0.674. The van der Waals surface area contributed by atoms with Gasteiger partial charge in [-0.3, -0.25) is 0 Å². The fourth-order valence-electron chi connectivity index (χ4n) is 1.71. The zero-order valence-corrected chi connectivity index (χ0v) is 7.20. The lowest BCUT2D eigenvalue weighted by molar-refractivity contribution is 0.177. The van der Waals surface area contributed by atoms with E-state index in [0.29, 0.717) is 6.54 Å². The Kier molecular flexibility index (Phi) is 2.29. The third kappa shape index (κ3) is 1.71. The zero-order chi connectivity index (χ0) is 9.26. The van der Waals surface area contributed by atoms with Crippen LogP contribution in [0.2, 0.25) is 0 Å². The lowest BCUT2D eigenvalue weighted by Gasteiger charge is -2.12. The van der Waals surface area contributed by atoms with E-state index in [4.69, 9.17) is 0 Å². The summed E-state index contributed by atoms with van der Waals surface area (Å²) < 4.78 is 12.6. The van der Waals surface area contributed by atoms with Gasteiger partial charge in [-0.25, -0.2) is 4.39 Å². The normalized spacial score (nSPS) is 27.8. The van der Waals surface area contributed by atoms with Crippen LogP contribution in [-0.2, 0) is 0 Å². The maximum Gasteiger partial charge on any atom is 0.123 e. The molecule has 3 heteroatoms. The minimum absolute atomic E-state index is 0.112. The number of nitrogens with one attached hydrogen (secondary N) is 1.